The molecule has 0 spiro atoms. The van der Waals surface area contributed by atoms with Crippen LogP contribution in [0.5, 0.6) is 5.75 Å². The number of benzene rings is 1. The molecule has 0 bridgehead atoms. The van der Waals surface area contributed by atoms with E-state index >= 15 is 0 Å². The molecule has 0 saturated carbocycles. The second kappa shape index (κ2) is 7.27. The first-order chi connectivity index (χ1) is 11.2. The number of halogens is 1. The van der Waals surface area contributed by atoms with Crippen molar-refractivity contribution in [3.63, 3.8) is 0 Å². The quantitative estimate of drug-likeness (QED) is 0.627. The number of methoxy groups -OCH3 is 1. The lowest BCUT2D eigenvalue weighted by atomic mass is 9.99. The minimum Gasteiger partial charge on any atom is -0.496 e. The molecule has 1 aromatic carbocycles. The molecule has 1 aliphatic rings. The molecule has 0 atom stereocenters. The number of hydrogen-bond acceptors (Lipinski definition) is 4. The van der Waals surface area contributed by atoms with Crippen molar-refractivity contribution in [1.82, 2.24) is 5.43 Å². The van der Waals surface area contributed by atoms with Crippen LogP contribution in [0.3, 0.4) is 0 Å². The van der Waals surface area contributed by atoms with Crippen molar-refractivity contribution in [2.75, 3.05) is 7.11 Å². The molecule has 2 aromatic rings. The minimum absolute atomic E-state index is 0.158. The van der Waals surface area contributed by atoms with E-state index in [9.17, 15) is 4.79 Å². The number of hydrazone groups is 1. The molecule has 1 amide bonds. The Kier molecular flexibility index (Phi) is 5.13. The van der Waals surface area contributed by atoms with Crippen LogP contribution in [0.2, 0.25) is 0 Å². The molecule has 0 saturated heterocycles. The summed E-state index contributed by atoms with van der Waals surface area (Å²) in [6, 6.07) is 7.63. The zero-order valence-electron chi connectivity index (χ0n) is 12.8. The lowest BCUT2D eigenvalue weighted by Crippen LogP contribution is -2.16. The van der Waals surface area contributed by atoms with Gasteiger partial charge in [-0.15, -0.1) is 11.3 Å². The van der Waals surface area contributed by atoms with Gasteiger partial charge in [-0.25, -0.2) is 5.43 Å². The number of fused-ring (bicyclic) bond motifs is 1. The molecule has 0 fully saturated rings. The van der Waals surface area contributed by atoms with E-state index in [1.54, 1.807) is 24.7 Å². The number of carbonyl (C=O) groups excluding carboxylic acids is 1. The van der Waals surface area contributed by atoms with Crippen LogP contribution in [0.25, 0.3) is 0 Å². The van der Waals surface area contributed by atoms with Gasteiger partial charge in [-0.2, -0.15) is 5.10 Å². The maximum Gasteiger partial charge on any atom is 0.281 e. The van der Waals surface area contributed by atoms with Gasteiger partial charge in [0.2, 0.25) is 0 Å². The topological polar surface area (TPSA) is 50.7 Å². The summed E-state index contributed by atoms with van der Waals surface area (Å²) in [5.41, 5.74) is 4.72. The standard InChI is InChI=1S/C17H17BrN2O2S/c1-22-14-7-6-13(18)8-12(14)10-19-20-17(21)16-9-11-4-2-3-5-15(11)23-16/h6-10H,2-5H2,1H3,(H,20,21)/b19-10-. The Morgan fingerprint density at radius 1 is 1.35 bits per heavy atom. The van der Waals surface area contributed by atoms with Gasteiger partial charge in [0.1, 0.15) is 5.75 Å². The van der Waals surface area contributed by atoms with Crippen molar-refractivity contribution < 1.29 is 9.53 Å². The molecule has 120 valence electrons. The summed E-state index contributed by atoms with van der Waals surface area (Å²) >= 11 is 4.99. The molecular weight excluding hydrogens is 376 g/mol. The van der Waals surface area contributed by atoms with Crippen LogP contribution in [-0.2, 0) is 12.8 Å². The molecule has 23 heavy (non-hydrogen) atoms. The van der Waals surface area contributed by atoms with Crippen LogP contribution in [0.15, 0.2) is 33.8 Å². The van der Waals surface area contributed by atoms with Crippen LogP contribution in [0, 0.1) is 0 Å². The molecule has 0 radical (unpaired) electrons. The van der Waals surface area contributed by atoms with Gasteiger partial charge in [-0.1, -0.05) is 15.9 Å². The maximum atomic E-state index is 12.2. The largest absolute Gasteiger partial charge is 0.496 e. The number of hydrogen-bond donors (Lipinski definition) is 1. The Hall–Kier alpha value is -1.66. The number of thiophene rings is 1. The Morgan fingerprint density at radius 2 is 2.17 bits per heavy atom. The lowest BCUT2D eigenvalue weighted by molar-refractivity contribution is 0.0959. The molecule has 4 nitrogen and oxygen atoms in total. The lowest BCUT2D eigenvalue weighted by Gasteiger charge is -2.08. The number of aryl methyl sites for hydroxylation is 2. The highest BCUT2D eigenvalue weighted by Gasteiger charge is 2.16. The van der Waals surface area contributed by atoms with E-state index in [2.05, 4.69) is 26.5 Å². The Balaban J connectivity index is 1.69. The summed E-state index contributed by atoms with van der Waals surface area (Å²) < 4.78 is 6.20. The number of nitrogens with one attached hydrogen (secondary N) is 1. The van der Waals surface area contributed by atoms with E-state index in [0.29, 0.717) is 5.75 Å². The van der Waals surface area contributed by atoms with Crippen molar-refractivity contribution in [1.29, 1.82) is 0 Å². The van der Waals surface area contributed by atoms with E-state index in [4.69, 9.17) is 4.74 Å². The van der Waals surface area contributed by atoms with Crippen LogP contribution in [0.4, 0.5) is 0 Å². The molecule has 1 aromatic heterocycles. The molecular formula is C17H17BrN2O2S. The van der Waals surface area contributed by atoms with Crippen LogP contribution >= 0.6 is 27.3 Å². The fourth-order valence-corrected chi connectivity index (χ4v) is 4.15. The number of nitrogens with zero attached hydrogens (tertiary/aromatic N) is 1. The van der Waals surface area contributed by atoms with E-state index in [1.807, 2.05) is 24.3 Å². The monoisotopic (exact) mass is 392 g/mol. The molecule has 1 heterocycles. The number of amides is 1. The van der Waals surface area contributed by atoms with Gasteiger partial charge in [0.25, 0.3) is 5.91 Å². The third-order valence-electron chi connectivity index (χ3n) is 3.78. The van der Waals surface area contributed by atoms with E-state index in [1.165, 1.54) is 23.3 Å². The normalized spacial score (nSPS) is 13.8. The average molecular weight is 393 g/mol. The second-order valence-electron chi connectivity index (χ2n) is 5.35. The third kappa shape index (κ3) is 3.82. The zero-order valence-corrected chi connectivity index (χ0v) is 15.2. The van der Waals surface area contributed by atoms with Gasteiger partial charge in [0.05, 0.1) is 18.2 Å². The summed E-state index contributed by atoms with van der Waals surface area (Å²) in [5, 5.41) is 4.06. The third-order valence-corrected chi connectivity index (χ3v) is 5.51. The van der Waals surface area contributed by atoms with Gasteiger partial charge in [0, 0.05) is 14.9 Å². The van der Waals surface area contributed by atoms with Crippen LogP contribution < -0.4 is 10.2 Å². The second-order valence-corrected chi connectivity index (χ2v) is 7.40. The maximum absolute atomic E-state index is 12.2. The Labute approximate surface area is 147 Å². The van der Waals surface area contributed by atoms with Gasteiger partial charge >= 0.3 is 0 Å². The number of carbonyl (C=O) groups is 1. The van der Waals surface area contributed by atoms with Gasteiger partial charge in [-0.05, 0) is 55.5 Å². The number of ether oxygens (including phenoxy) is 1. The minimum atomic E-state index is -0.158. The molecule has 0 unspecified atom stereocenters. The predicted molar refractivity (Wildman–Crippen MR) is 96.7 cm³/mol. The van der Waals surface area contributed by atoms with Crippen molar-refractivity contribution in [2.45, 2.75) is 25.7 Å². The smallest absolute Gasteiger partial charge is 0.281 e. The first-order valence-corrected chi connectivity index (χ1v) is 9.07. The molecule has 1 N–H and O–H groups in total. The number of rotatable bonds is 4. The van der Waals surface area contributed by atoms with Crippen LogP contribution in [-0.4, -0.2) is 19.2 Å². The fraction of sp³-hybridized carbons (Fsp3) is 0.294. The zero-order chi connectivity index (χ0) is 16.2. The molecule has 1 aliphatic carbocycles. The summed E-state index contributed by atoms with van der Waals surface area (Å²) in [6.07, 6.45) is 6.19. The summed E-state index contributed by atoms with van der Waals surface area (Å²) in [6.45, 7) is 0. The SMILES string of the molecule is COc1ccc(Br)cc1/C=N\NC(=O)c1cc2c(s1)CCCC2. The summed E-state index contributed by atoms with van der Waals surface area (Å²) in [5.74, 6) is 0.549. The van der Waals surface area contributed by atoms with Crippen molar-refractivity contribution >= 4 is 39.4 Å². The van der Waals surface area contributed by atoms with E-state index in [0.717, 1.165) is 27.8 Å². The first-order valence-electron chi connectivity index (χ1n) is 7.46. The van der Waals surface area contributed by atoms with Crippen molar-refractivity contribution in [3.05, 3.63) is 49.6 Å². The summed E-state index contributed by atoms with van der Waals surface area (Å²) in [4.78, 5) is 14.3. The van der Waals surface area contributed by atoms with Crippen molar-refractivity contribution in [2.24, 2.45) is 5.10 Å². The van der Waals surface area contributed by atoms with E-state index in [-0.39, 0.29) is 5.91 Å². The van der Waals surface area contributed by atoms with Crippen LogP contribution in [0.1, 0.15) is 38.5 Å². The van der Waals surface area contributed by atoms with Crippen molar-refractivity contribution in [3.8, 4) is 5.75 Å². The first kappa shape index (κ1) is 16.2. The van der Waals surface area contributed by atoms with Gasteiger partial charge < -0.3 is 4.74 Å². The Morgan fingerprint density at radius 3 is 2.96 bits per heavy atom. The highest BCUT2D eigenvalue weighted by atomic mass is 79.9. The Bertz CT molecular complexity index is 732. The highest BCUT2D eigenvalue weighted by molar-refractivity contribution is 9.10. The molecule has 6 heteroatoms. The van der Waals surface area contributed by atoms with E-state index < -0.39 is 0 Å². The predicted octanol–water partition coefficient (Wildman–Crippen LogP) is 4.16. The molecule has 0 aliphatic heterocycles. The summed E-state index contributed by atoms with van der Waals surface area (Å²) in [7, 11) is 1.61. The highest BCUT2D eigenvalue weighted by Crippen LogP contribution is 2.29. The van der Waals surface area contributed by atoms with Gasteiger partial charge in [-0.3, -0.25) is 4.79 Å². The van der Waals surface area contributed by atoms with Gasteiger partial charge in [0.15, 0.2) is 0 Å². The molecule has 3 rings (SSSR count). The fourth-order valence-electron chi connectivity index (χ4n) is 2.62. The average Bonchev–Trinajstić information content (AvgIpc) is 2.99.